The maximum Gasteiger partial charge on any atom is 0.165 e. The predicted octanol–water partition coefficient (Wildman–Crippen LogP) is 4.96. The van der Waals surface area contributed by atoms with Crippen molar-refractivity contribution in [2.75, 3.05) is 19.5 Å². The zero-order valence-electron chi connectivity index (χ0n) is 19.4. The Hall–Kier alpha value is -4.33. The molecule has 0 unspecified atom stereocenters. The predicted molar refractivity (Wildman–Crippen MR) is 132 cm³/mol. The minimum Gasteiger partial charge on any atom is -0.493 e. The van der Waals surface area contributed by atoms with Crippen molar-refractivity contribution in [1.82, 2.24) is 24.4 Å². The number of hydrogen-bond acceptors (Lipinski definition) is 6. The van der Waals surface area contributed by atoms with Crippen molar-refractivity contribution >= 4 is 17.2 Å². The topological polar surface area (TPSA) is 78.5 Å². The number of rotatable bonds is 8. The number of ether oxygens (including phenoxy) is 2. The zero-order valence-corrected chi connectivity index (χ0v) is 19.4. The van der Waals surface area contributed by atoms with Crippen LogP contribution in [0.4, 0.5) is 11.5 Å². The van der Waals surface area contributed by atoms with Gasteiger partial charge in [-0.2, -0.15) is 10.2 Å². The third-order valence-corrected chi connectivity index (χ3v) is 5.71. The van der Waals surface area contributed by atoms with Crippen LogP contribution in [0.3, 0.4) is 0 Å². The zero-order chi connectivity index (χ0) is 23.5. The molecule has 8 nitrogen and oxygen atoms in total. The summed E-state index contributed by atoms with van der Waals surface area (Å²) in [5.74, 6) is 2.14. The van der Waals surface area contributed by atoms with Crippen LogP contribution in [-0.2, 0) is 13.0 Å². The van der Waals surface area contributed by atoms with Crippen molar-refractivity contribution in [3.05, 3.63) is 84.4 Å². The van der Waals surface area contributed by atoms with Crippen molar-refractivity contribution < 1.29 is 9.47 Å². The molecule has 0 saturated heterocycles. The lowest BCUT2D eigenvalue weighted by molar-refractivity contribution is 0.352. The lowest BCUT2D eigenvalue weighted by Gasteiger charge is -2.15. The van der Waals surface area contributed by atoms with E-state index in [1.807, 2.05) is 59.8 Å². The van der Waals surface area contributed by atoms with E-state index in [1.54, 1.807) is 18.7 Å². The van der Waals surface area contributed by atoms with E-state index in [1.165, 1.54) is 5.56 Å². The number of nitrogens with one attached hydrogen (secondary N) is 1. The monoisotopic (exact) mass is 454 g/mol. The summed E-state index contributed by atoms with van der Waals surface area (Å²) in [6, 6.07) is 16.1. The molecule has 172 valence electrons. The Bertz CT molecular complexity index is 1400. The van der Waals surface area contributed by atoms with Crippen LogP contribution in [0, 0.1) is 0 Å². The smallest absolute Gasteiger partial charge is 0.165 e. The number of aromatic nitrogens is 5. The van der Waals surface area contributed by atoms with Crippen LogP contribution < -0.4 is 14.8 Å². The van der Waals surface area contributed by atoms with Gasteiger partial charge in [-0.05, 0) is 29.7 Å². The van der Waals surface area contributed by atoms with Crippen molar-refractivity contribution in [3.63, 3.8) is 0 Å². The summed E-state index contributed by atoms with van der Waals surface area (Å²) in [5.41, 5.74) is 5.77. The van der Waals surface area contributed by atoms with E-state index in [0.717, 1.165) is 40.2 Å². The summed E-state index contributed by atoms with van der Waals surface area (Å²) >= 11 is 0. The summed E-state index contributed by atoms with van der Waals surface area (Å²) in [5, 5.41) is 12.4. The molecule has 8 heteroatoms. The molecule has 5 rings (SSSR count). The minimum atomic E-state index is 0.682. The maximum absolute atomic E-state index is 5.53. The third kappa shape index (κ3) is 4.17. The molecule has 34 heavy (non-hydrogen) atoms. The van der Waals surface area contributed by atoms with Crippen LogP contribution in [-0.4, -0.2) is 38.6 Å². The van der Waals surface area contributed by atoms with E-state index in [4.69, 9.17) is 14.5 Å². The summed E-state index contributed by atoms with van der Waals surface area (Å²) in [6.45, 7) is 2.79. The number of hydrogen-bond donors (Lipinski definition) is 1. The molecule has 0 bridgehead atoms. The van der Waals surface area contributed by atoms with Gasteiger partial charge in [-0.3, -0.25) is 4.68 Å². The minimum absolute atomic E-state index is 0.682. The van der Waals surface area contributed by atoms with Crippen molar-refractivity contribution in [2.45, 2.75) is 19.9 Å². The van der Waals surface area contributed by atoms with Gasteiger partial charge in [0, 0.05) is 35.3 Å². The highest BCUT2D eigenvalue weighted by atomic mass is 16.5. The van der Waals surface area contributed by atoms with Crippen LogP contribution in [0.5, 0.6) is 11.5 Å². The average molecular weight is 455 g/mol. The van der Waals surface area contributed by atoms with Gasteiger partial charge >= 0.3 is 0 Å². The number of nitrogens with zero attached hydrogens (tertiary/aromatic N) is 5. The van der Waals surface area contributed by atoms with Crippen molar-refractivity contribution in [2.24, 2.45) is 0 Å². The number of methoxy groups -OCH3 is 2. The number of anilines is 2. The van der Waals surface area contributed by atoms with Gasteiger partial charge in [0.15, 0.2) is 17.1 Å². The fraction of sp³-hybridized carbons (Fsp3) is 0.192. The molecule has 3 aromatic heterocycles. The van der Waals surface area contributed by atoms with Gasteiger partial charge in [0.05, 0.1) is 33.2 Å². The Balaban J connectivity index is 1.44. The third-order valence-electron chi connectivity index (χ3n) is 5.71. The largest absolute Gasteiger partial charge is 0.493 e. The van der Waals surface area contributed by atoms with Crippen molar-refractivity contribution in [1.29, 1.82) is 0 Å². The Morgan fingerprint density at radius 2 is 1.82 bits per heavy atom. The first kappa shape index (κ1) is 21.5. The highest BCUT2D eigenvalue weighted by molar-refractivity contribution is 5.77. The van der Waals surface area contributed by atoms with Crippen LogP contribution >= 0.6 is 0 Å². The van der Waals surface area contributed by atoms with E-state index in [-0.39, 0.29) is 0 Å². The van der Waals surface area contributed by atoms with Gasteiger partial charge in [0.2, 0.25) is 0 Å². The van der Waals surface area contributed by atoms with E-state index >= 15 is 0 Å². The van der Waals surface area contributed by atoms with Gasteiger partial charge in [-0.1, -0.05) is 37.3 Å². The lowest BCUT2D eigenvalue weighted by Crippen LogP contribution is -2.01. The normalized spacial score (nSPS) is 11.0. The molecule has 0 radical (unpaired) electrons. The number of benzene rings is 2. The van der Waals surface area contributed by atoms with Crippen LogP contribution in [0.25, 0.3) is 16.8 Å². The van der Waals surface area contributed by atoms with E-state index < -0.39 is 0 Å². The second kappa shape index (κ2) is 9.27. The van der Waals surface area contributed by atoms with Crippen LogP contribution in [0.1, 0.15) is 18.1 Å². The lowest BCUT2D eigenvalue weighted by atomic mass is 10.1. The van der Waals surface area contributed by atoms with Crippen molar-refractivity contribution in [3.8, 4) is 22.6 Å². The fourth-order valence-electron chi connectivity index (χ4n) is 4.03. The van der Waals surface area contributed by atoms with Crippen LogP contribution in [0.2, 0.25) is 0 Å². The maximum atomic E-state index is 5.53. The van der Waals surface area contributed by atoms with Gasteiger partial charge in [0.1, 0.15) is 5.82 Å². The molecule has 1 N–H and O–H groups in total. The second-order valence-corrected chi connectivity index (χ2v) is 7.90. The number of aryl methyl sites for hydroxylation is 1. The standard InChI is InChI=1S/C26H26N6O2/c1-4-19-12-21(13-23(33-2)25(19)34-3)29-24-10-11-32-26(30-24)22(15-28-32)20-14-27-31(17-20)16-18-8-6-5-7-9-18/h5-15,17H,4,16H2,1-3H3,(H,29,30). The van der Waals surface area contributed by atoms with E-state index in [9.17, 15) is 0 Å². The first-order chi connectivity index (χ1) is 16.7. The van der Waals surface area contributed by atoms with Gasteiger partial charge in [-0.25, -0.2) is 9.50 Å². The summed E-state index contributed by atoms with van der Waals surface area (Å²) in [7, 11) is 3.30. The molecule has 2 aromatic carbocycles. The quantitative estimate of drug-likeness (QED) is 0.357. The molecule has 0 aliphatic rings. The Morgan fingerprint density at radius 1 is 0.971 bits per heavy atom. The first-order valence-electron chi connectivity index (χ1n) is 11.1. The molecule has 5 aromatic rings. The summed E-state index contributed by atoms with van der Waals surface area (Å²) < 4.78 is 14.7. The first-order valence-corrected chi connectivity index (χ1v) is 11.1. The summed E-state index contributed by atoms with van der Waals surface area (Å²) in [4.78, 5) is 4.83. The molecule has 0 fully saturated rings. The average Bonchev–Trinajstić information content (AvgIpc) is 3.50. The SMILES string of the molecule is CCc1cc(Nc2ccn3ncc(-c4cnn(Cc5ccccc5)c4)c3n2)cc(OC)c1OC. The molecule has 0 atom stereocenters. The Morgan fingerprint density at radius 3 is 2.59 bits per heavy atom. The van der Waals surface area contributed by atoms with E-state index in [0.29, 0.717) is 18.1 Å². The molecule has 0 aliphatic carbocycles. The second-order valence-electron chi connectivity index (χ2n) is 7.90. The number of fused-ring (bicyclic) bond motifs is 1. The molecular formula is C26H26N6O2. The molecule has 3 heterocycles. The highest BCUT2D eigenvalue weighted by Crippen LogP contribution is 2.36. The molecule has 0 saturated carbocycles. The molecular weight excluding hydrogens is 428 g/mol. The molecule has 0 spiro atoms. The molecule has 0 aliphatic heterocycles. The Labute approximate surface area is 197 Å². The highest BCUT2D eigenvalue weighted by Gasteiger charge is 2.14. The molecule has 0 amide bonds. The fourth-order valence-corrected chi connectivity index (χ4v) is 4.03. The Kier molecular flexibility index (Phi) is 5.86. The van der Waals surface area contributed by atoms with Crippen LogP contribution in [0.15, 0.2) is 73.3 Å². The van der Waals surface area contributed by atoms with Gasteiger partial charge in [0.25, 0.3) is 0 Å². The summed E-state index contributed by atoms with van der Waals surface area (Å²) in [6.07, 6.45) is 8.41. The van der Waals surface area contributed by atoms with E-state index in [2.05, 4.69) is 40.6 Å². The van der Waals surface area contributed by atoms with Gasteiger partial charge < -0.3 is 14.8 Å². The van der Waals surface area contributed by atoms with Gasteiger partial charge in [-0.15, -0.1) is 0 Å².